The second-order valence-corrected chi connectivity index (χ2v) is 9.68. The number of rotatable bonds is 12. The summed E-state index contributed by atoms with van der Waals surface area (Å²) in [6.07, 6.45) is 5.95. The van der Waals surface area contributed by atoms with Gasteiger partial charge in [-0.15, -0.1) is 0 Å². The van der Waals surface area contributed by atoms with Crippen LogP contribution in [0.4, 0.5) is 0 Å². The highest BCUT2D eigenvalue weighted by atomic mass is 16.5. The third-order valence-electron chi connectivity index (χ3n) is 5.87. The van der Waals surface area contributed by atoms with Crippen LogP contribution in [0.5, 0.6) is 11.5 Å². The van der Waals surface area contributed by atoms with Gasteiger partial charge in [0.25, 0.3) is 0 Å². The van der Waals surface area contributed by atoms with Gasteiger partial charge in [-0.1, -0.05) is 50.2 Å². The number of para-hydroxylation sites is 2. The van der Waals surface area contributed by atoms with Crippen LogP contribution in [-0.2, 0) is 25.7 Å². The zero-order valence-corrected chi connectivity index (χ0v) is 23.9. The van der Waals surface area contributed by atoms with Gasteiger partial charge in [0.15, 0.2) is 0 Å². The van der Waals surface area contributed by atoms with Gasteiger partial charge >= 0.3 is 23.9 Å². The number of carboxylic acids is 4. The smallest absolute Gasteiger partial charge is 0.328 e. The highest BCUT2D eigenvalue weighted by molar-refractivity contribution is 5.90. The van der Waals surface area contributed by atoms with E-state index in [4.69, 9.17) is 25.2 Å². The van der Waals surface area contributed by atoms with Crippen LogP contribution in [0.25, 0.3) is 0 Å². The molecule has 11 heteroatoms. The van der Waals surface area contributed by atoms with Crippen LogP contribution in [-0.4, -0.2) is 74.9 Å². The zero-order chi connectivity index (χ0) is 31.3. The molecule has 0 atom stereocenters. The molecule has 3 rings (SSSR count). The number of hydrogen-bond donors (Lipinski definition) is 5. The number of hydrogen-bond acceptors (Lipinski definition) is 7. The molecule has 2 aromatic carbocycles. The SMILES string of the molecule is CC(C)CCN(Cc1ccccc1Oc1ccccc1)C1CCNCC1.O=C(O)/C=C/C(=O)O.O=C(O)/C=C/C(=O)O. The molecule has 0 aromatic heterocycles. The molecule has 0 spiro atoms. The molecular formula is C31H40N2O9. The van der Waals surface area contributed by atoms with Gasteiger partial charge in [-0.05, 0) is 63.0 Å². The third-order valence-corrected chi connectivity index (χ3v) is 5.87. The molecule has 2 aromatic rings. The fraction of sp³-hybridized carbons (Fsp3) is 0.355. The highest BCUT2D eigenvalue weighted by Crippen LogP contribution is 2.28. The van der Waals surface area contributed by atoms with E-state index in [0.717, 1.165) is 43.6 Å². The van der Waals surface area contributed by atoms with Gasteiger partial charge < -0.3 is 30.5 Å². The van der Waals surface area contributed by atoms with Crippen LogP contribution < -0.4 is 10.1 Å². The quantitative estimate of drug-likeness (QED) is 0.222. The van der Waals surface area contributed by atoms with Gasteiger partial charge in [-0.25, -0.2) is 19.2 Å². The molecule has 11 nitrogen and oxygen atoms in total. The van der Waals surface area contributed by atoms with Crippen LogP contribution >= 0.6 is 0 Å². The lowest BCUT2D eigenvalue weighted by Gasteiger charge is -2.35. The summed E-state index contributed by atoms with van der Waals surface area (Å²) in [7, 11) is 0. The summed E-state index contributed by atoms with van der Waals surface area (Å²) in [6, 6.07) is 19.2. The van der Waals surface area contributed by atoms with E-state index >= 15 is 0 Å². The Kier molecular flexibility index (Phi) is 17.3. The average Bonchev–Trinajstić information content (AvgIpc) is 2.95. The largest absolute Gasteiger partial charge is 0.478 e. The van der Waals surface area contributed by atoms with Crippen molar-refractivity contribution in [3.8, 4) is 11.5 Å². The van der Waals surface area contributed by atoms with Crippen LogP contribution in [0.1, 0.15) is 38.7 Å². The van der Waals surface area contributed by atoms with Crippen molar-refractivity contribution in [3.63, 3.8) is 0 Å². The monoisotopic (exact) mass is 584 g/mol. The Morgan fingerprint density at radius 1 is 0.810 bits per heavy atom. The Labute approximate surface area is 245 Å². The van der Waals surface area contributed by atoms with Crippen molar-refractivity contribution in [2.24, 2.45) is 5.92 Å². The third kappa shape index (κ3) is 17.3. The number of aliphatic carboxylic acids is 4. The minimum absolute atomic E-state index is 0.558. The summed E-state index contributed by atoms with van der Waals surface area (Å²) in [4.78, 5) is 40.9. The number of ether oxygens (including phenoxy) is 1. The van der Waals surface area contributed by atoms with Crippen LogP contribution in [0, 0.1) is 5.92 Å². The first-order valence-corrected chi connectivity index (χ1v) is 13.5. The van der Waals surface area contributed by atoms with Gasteiger partial charge in [-0.3, -0.25) is 4.90 Å². The van der Waals surface area contributed by atoms with Gasteiger partial charge in [0.05, 0.1) is 0 Å². The van der Waals surface area contributed by atoms with Crippen LogP contribution in [0.2, 0.25) is 0 Å². The molecule has 0 aliphatic carbocycles. The molecule has 0 bridgehead atoms. The number of nitrogens with zero attached hydrogens (tertiary/aromatic N) is 1. The second-order valence-electron chi connectivity index (χ2n) is 9.68. The molecule has 1 fully saturated rings. The molecule has 0 amide bonds. The van der Waals surface area contributed by atoms with E-state index in [2.05, 4.69) is 48.3 Å². The average molecular weight is 585 g/mol. The molecule has 0 radical (unpaired) electrons. The van der Waals surface area contributed by atoms with Crippen LogP contribution in [0.3, 0.4) is 0 Å². The van der Waals surface area contributed by atoms with Crippen molar-refractivity contribution in [1.82, 2.24) is 10.2 Å². The molecule has 42 heavy (non-hydrogen) atoms. The van der Waals surface area contributed by atoms with Crippen LogP contribution in [0.15, 0.2) is 78.9 Å². The first-order chi connectivity index (χ1) is 20.0. The number of benzene rings is 2. The minimum Gasteiger partial charge on any atom is -0.478 e. The van der Waals surface area contributed by atoms with E-state index in [1.165, 1.54) is 24.8 Å². The zero-order valence-electron chi connectivity index (χ0n) is 23.9. The summed E-state index contributed by atoms with van der Waals surface area (Å²) >= 11 is 0. The first-order valence-electron chi connectivity index (χ1n) is 13.5. The lowest BCUT2D eigenvalue weighted by Crippen LogP contribution is -2.43. The summed E-state index contributed by atoms with van der Waals surface area (Å²) in [5.41, 5.74) is 1.28. The van der Waals surface area contributed by atoms with E-state index < -0.39 is 23.9 Å². The summed E-state index contributed by atoms with van der Waals surface area (Å²) in [5.74, 6) is -2.42. The van der Waals surface area contributed by atoms with E-state index in [0.29, 0.717) is 30.3 Å². The molecule has 0 unspecified atom stereocenters. The molecular weight excluding hydrogens is 544 g/mol. The van der Waals surface area contributed by atoms with E-state index in [-0.39, 0.29) is 0 Å². The minimum atomic E-state index is -1.26. The van der Waals surface area contributed by atoms with Crippen molar-refractivity contribution < 1.29 is 44.3 Å². The van der Waals surface area contributed by atoms with E-state index in [1.54, 1.807) is 0 Å². The summed E-state index contributed by atoms with van der Waals surface area (Å²) in [6.45, 7) is 9.00. The van der Waals surface area contributed by atoms with E-state index in [1.807, 2.05) is 30.3 Å². The molecule has 1 aliphatic rings. The predicted octanol–water partition coefficient (Wildman–Crippen LogP) is 4.50. The Bertz CT molecular complexity index is 1110. The fourth-order valence-corrected chi connectivity index (χ4v) is 3.84. The maximum Gasteiger partial charge on any atom is 0.328 e. The van der Waals surface area contributed by atoms with Crippen molar-refractivity contribution in [3.05, 3.63) is 84.5 Å². The molecule has 228 valence electrons. The Morgan fingerprint density at radius 3 is 1.76 bits per heavy atom. The molecule has 1 saturated heterocycles. The van der Waals surface area contributed by atoms with Crippen molar-refractivity contribution in [2.75, 3.05) is 19.6 Å². The maximum atomic E-state index is 9.55. The Balaban J connectivity index is 0.000000454. The number of piperidine rings is 1. The maximum absolute atomic E-state index is 9.55. The Morgan fingerprint density at radius 2 is 1.29 bits per heavy atom. The first kappa shape index (κ1) is 35.5. The second kappa shape index (κ2) is 20.4. The standard InChI is InChI=1S/C23H32N2O.2C4H4O4/c1-19(2)14-17-25(21-12-15-24-16-13-21)18-20-8-6-7-11-23(20)26-22-9-4-3-5-10-22;2*5-3(6)1-2-4(7)8/h3-11,19,21,24H,12-18H2,1-2H3;2*1-2H,(H,5,6)(H,7,8)/b;2*2-1+. The number of carboxylic acid groups (broad SMARTS) is 4. The highest BCUT2D eigenvalue weighted by Gasteiger charge is 2.22. The lowest BCUT2D eigenvalue weighted by molar-refractivity contribution is -0.134. The van der Waals surface area contributed by atoms with Gasteiger partial charge in [0.2, 0.25) is 0 Å². The molecule has 1 aliphatic heterocycles. The predicted molar refractivity (Wildman–Crippen MR) is 158 cm³/mol. The van der Waals surface area contributed by atoms with Crippen molar-refractivity contribution in [1.29, 1.82) is 0 Å². The number of nitrogens with one attached hydrogen (secondary N) is 1. The topological polar surface area (TPSA) is 174 Å². The van der Waals surface area contributed by atoms with Gasteiger partial charge in [-0.2, -0.15) is 0 Å². The van der Waals surface area contributed by atoms with Crippen molar-refractivity contribution >= 4 is 23.9 Å². The molecule has 5 N–H and O–H groups in total. The normalized spacial score (nSPS) is 13.2. The lowest BCUT2D eigenvalue weighted by atomic mass is 10.0. The van der Waals surface area contributed by atoms with Gasteiger partial charge in [0, 0.05) is 42.5 Å². The molecule has 1 heterocycles. The van der Waals surface area contributed by atoms with Crippen molar-refractivity contribution in [2.45, 2.75) is 45.7 Å². The number of carbonyl (C=O) groups is 4. The summed E-state index contributed by atoms with van der Waals surface area (Å²) < 4.78 is 6.18. The fourth-order valence-electron chi connectivity index (χ4n) is 3.84. The molecule has 0 saturated carbocycles. The Hall–Kier alpha value is -4.48. The van der Waals surface area contributed by atoms with Gasteiger partial charge in [0.1, 0.15) is 11.5 Å². The van der Waals surface area contributed by atoms with E-state index in [9.17, 15) is 19.2 Å². The summed E-state index contributed by atoms with van der Waals surface area (Å²) in [5, 5.41) is 34.7.